The van der Waals surface area contributed by atoms with Crippen LogP contribution in [0.4, 0.5) is 0 Å². The average molecular weight is 350 g/mol. The van der Waals surface area contributed by atoms with Crippen LogP contribution in [0.25, 0.3) is 0 Å². The second kappa shape index (κ2) is 7.52. The molecule has 0 radical (unpaired) electrons. The van der Waals surface area contributed by atoms with E-state index in [1.54, 1.807) is 60.5 Å². The van der Waals surface area contributed by atoms with Crippen molar-refractivity contribution in [3.8, 4) is 0 Å². The van der Waals surface area contributed by atoms with Crippen LogP contribution in [0.5, 0.6) is 0 Å². The number of fused-ring (bicyclic) bond motifs is 1. The molecule has 0 spiro atoms. The molecular weight excluding hydrogens is 328 g/mol. The van der Waals surface area contributed by atoms with Gasteiger partial charge in [0.2, 0.25) is 0 Å². The zero-order valence-electron chi connectivity index (χ0n) is 15.1. The van der Waals surface area contributed by atoms with Gasteiger partial charge in [-0.1, -0.05) is 37.6 Å². The predicted molar refractivity (Wildman–Crippen MR) is 99.0 cm³/mol. The highest BCUT2D eigenvalue weighted by molar-refractivity contribution is 6.21. The monoisotopic (exact) mass is 350 g/mol. The van der Waals surface area contributed by atoms with Crippen LogP contribution >= 0.6 is 0 Å². The number of amides is 3. The predicted octanol–water partition coefficient (Wildman–Crippen LogP) is 3.35. The zero-order valence-corrected chi connectivity index (χ0v) is 15.1. The number of unbranched alkanes of at least 4 members (excludes halogenated alkanes) is 1. The van der Waals surface area contributed by atoms with Crippen LogP contribution in [0.2, 0.25) is 0 Å². The van der Waals surface area contributed by atoms with Gasteiger partial charge in [-0.15, -0.1) is 0 Å². The minimum absolute atomic E-state index is 0.0225. The van der Waals surface area contributed by atoms with E-state index < -0.39 is 0 Å². The van der Waals surface area contributed by atoms with Crippen molar-refractivity contribution >= 4 is 17.7 Å². The normalized spacial score (nSPS) is 13.1. The first kappa shape index (κ1) is 17.9. The van der Waals surface area contributed by atoms with E-state index >= 15 is 0 Å². The molecule has 0 fully saturated rings. The molecule has 0 saturated heterocycles. The average Bonchev–Trinajstić information content (AvgIpc) is 2.91. The summed E-state index contributed by atoms with van der Waals surface area (Å²) in [6, 6.07) is 13.9. The van der Waals surface area contributed by atoms with E-state index in [1.165, 1.54) is 4.90 Å². The van der Waals surface area contributed by atoms with E-state index in [0.29, 0.717) is 16.7 Å². The Kier molecular flexibility index (Phi) is 5.16. The first-order valence-corrected chi connectivity index (χ1v) is 8.82. The van der Waals surface area contributed by atoms with Crippen molar-refractivity contribution in [1.82, 2.24) is 9.80 Å². The molecule has 1 heterocycles. The highest BCUT2D eigenvalue weighted by Crippen LogP contribution is 2.24. The van der Waals surface area contributed by atoms with Gasteiger partial charge in [0.15, 0.2) is 0 Å². The van der Waals surface area contributed by atoms with Gasteiger partial charge in [0, 0.05) is 19.2 Å². The highest BCUT2D eigenvalue weighted by atomic mass is 16.2. The van der Waals surface area contributed by atoms with Crippen LogP contribution in [0.3, 0.4) is 0 Å². The van der Waals surface area contributed by atoms with Crippen molar-refractivity contribution < 1.29 is 14.4 Å². The molecule has 0 aliphatic carbocycles. The molecule has 0 N–H and O–H groups in total. The number of hydrogen-bond acceptors (Lipinski definition) is 3. The third-order valence-corrected chi connectivity index (χ3v) is 4.61. The minimum atomic E-state index is -0.273. The second-order valence-electron chi connectivity index (χ2n) is 6.52. The van der Waals surface area contributed by atoms with Gasteiger partial charge in [-0.3, -0.25) is 19.3 Å². The molecule has 0 bridgehead atoms. The maximum atomic E-state index is 12.4. The zero-order chi connectivity index (χ0) is 18.7. The molecule has 0 aromatic heterocycles. The van der Waals surface area contributed by atoms with Crippen LogP contribution in [0.1, 0.15) is 56.4 Å². The fourth-order valence-electron chi connectivity index (χ4n) is 3.04. The number of carbonyl (C=O) groups excluding carboxylic acids is 3. The van der Waals surface area contributed by atoms with Gasteiger partial charge in [-0.25, -0.2) is 0 Å². The Labute approximate surface area is 153 Å². The molecule has 1 aliphatic heterocycles. The molecule has 0 saturated carbocycles. The quantitative estimate of drug-likeness (QED) is 0.751. The Hall–Kier alpha value is -2.95. The maximum absolute atomic E-state index is 12.4. The summed E-state index contributed by atoms with van der Waals surface area (Å²) >= 11 is 0. The lowest BCUT2D eigenvalue weighted by atomic mass is 10.1. The Morgan fingerprint density at radius 1 is 0.962 bits per heavy atom. The molecule has 2 aromatic rings. The van der Waals surface area contributed by atoms with Crippen LogP contribution < -0.4 is 0 Å². The lowest BCUT2D eigenvalue weighted by molar-refractivity contribution is 0.0641. The summed E-state index contributed by atoms with van der Waals surface area (Å²) in [6.07, 6.45) is 2.01. The van der Waals surface area contributed by atoms with E-state index in [-0.39, 0.29) is 24.3 Å². The molecule has 3 rings (SSSR count). The van der Waals surface area contributed by atoms with Crippen molar-refractivity contribution in [2.45, 2.75) is 26.3 Å². The van der Waals surface area contributed by atoms with Crippen molar-refractivity contribution in [1.29, 1.82) is 0 Å². The topological polar surface area (TPSA) is 57.7 Å². The molecule has 134 valence electrons. The van der Waals surface area contributed by atoms with E-state index in [9.17, 15) is 14.4 Å². The standard InChI is InChI=1S/C21H22N2O3/c1-3-4-13-22(2)19(24)16-11-9-15(10-12-16)14-23-20(25)17-7-5-6-8-18(17)21(23)26/h5-12H,3-4,13-14H2,1-2H3. The van der Waals surface area contributed by atoms with E-state index in [4.69, 9.17) is 0 Å². The van der Waals surface area contributed by atoms with Gasteiger partial charge < -0.3 is 4.90 Å². The fourth-order valence-corrected chi connectivity index (χ4v) is 3.04. The molecule has 1 aliphatic rings. The first-order chi connectivity index (χ1) is 12.5. The van der Waals surface area contributed by atoms with E-state index in [1.807, 2.05) is 0 Å². The molecule has 26 heavy (non-hydrogen) atoms. The maximum Gasteiger partial charge on any atom is 0.261 e. The van der Waals surface area contributed by atoms with Gasteiger partial charge in [0.25, 0.3) is 17.7 Å². The molecule has 0 atom stereocenters. The smallest absolute Gasteiger partial charge is 0.261 e. The highest BCUT2D eigenvalue weighted by Gasteiger charge is 2.34. The van der Waals surface area contributed by atoms with Crippen molar-refractivity contribution in [3.63, 3.8) is 0 Å². The number of nitrogens with zero attached hydrogens (tertiary/aromatic N) is 2. The van der Waals surface area contributed by atoms with Crippen molar-refractivity contribution in [2.24, 2.45) is 0 Å². The summed E-state index contributed by atoms with van der Waals surface area (Å²) in [6.45, 7) is 3.02. The van der Waals surface area contributed by atoms with Gasteiger partial charge in [-0.05, 0) is 36.2 Å². The molecule has 3 amide bonds. The molecular formula is C21H22N2O3. The third kappa shape index (κ3) is 3.38. The van der Waals surface area contributed by atoms with Crippen molar-refractivity contribution in [2.75, 3.05) is 13.6 Å². The minimum Gasteiger partial charge on any atom is -0.342 e. The Morgan fingerprint density at radius 2 is 1.54 bits per heavy atom. The number of rotatable bonds is 6. The Balaban J connectivity index is 1.70. The van der Waals surface area contributed by atoms with E-state index in [2.05, 4.69) is 6.92 Å². The lowest BCUT2D eigenvalue weighted by Gasteiger charge is -2.17. The SMILES string of the molecule is CCCCN(C)C(=O)c1ccc(CN2C(=O)c3ccccc3C2=O)cc1. The Bertz CT molecular complexity index is 808. The van der Waals surface area contributed by atoms with Gasteiger partial charge in [-0.2, -0.15) is 0 Å². The largest absolute Gasteiger partial charge is 0.342 e. The number of hydrogen-bond donors (Lipinski definition) is 0. The summed E-state index contributed by atoms with van der Waals surface area (Å²) in [7, 11) is 1.80. The van der Waals surface area contributed by atoms with E-state index in [0.717, 1.165) is 24.9 Å². The number of imide groups is 1. The summed E-state index contributed by atoms with van der Waals surface area (Å²) in [4.78, 5) is 40.2. The number of carbonyl (C=O) groups is 3. The molecule has 2 aromatic carbocycles. The van der Waals surface area contributed by atoms with Crippen LogP contribution in [-0.4, -0.2) is 41.1 Å². The summed E-state index contributed by atoms with van der Waals surface area (Å²) in [5.41, 5.74) is 2.31. The van der Waals surface area contributed by atoms with Crippen molar-refractivity contribution in [3.05, 3.63) is 70.8 Å². The van der Waals surface area contributed by atoms with Crippen LogP contribution in [-0.2, 0) is 6.54 Å². The molecule has 5 nitrogen and oxygen atoms in total. The molecule has 5 heteroatoms. The first-order valence-electron chi connectivity index (χ1n) is 8.82. The second-order valence-corrected chi connectivity index (χ2v) is 6.52. The van der Waals surface area contributed by atoms with Gasteiger partial charge in [0.05, 0.1) is 17.7 Å². The lowest BCUT2D eigenvalue weighted by Crippen LogP contribution is -2.29. The van der Waals surface area contributed by atoms with Crippen LogP contribution in [0, 0.1) is 0 Å². The van der Waals surface area contributed by atoms with Gasteiger partial charge in [0.1, 0.15) is 0 Å². The summed E-state index contributed by atoms with van der Waals surface area (Å²) in [5, 5.41) is 0. The summed E-state index contributed by atoms with van der Waals surface area (Å²) in [5.74, 6) is -0.569. The molecule has 0 unspecified atom stereocenters. The fraction of sp³-hybridized carbons (Fsp3) is 0.286. The van der Waals surface area contributed by atoms with Crippen LogP contribution in [0.15, 0.2) is 48.5 Å². The Morgan fingerprint density at radius 3 is 2.08 bits per heavy atom. The van der Waals surface area contributed by atoms with Gasteiger partial charge >= 0.3 is 0 Å². The number of benzene rings is 2. The third-order valence-electron chi connectivity index (χ3n) is 4.61. The summed E-state index contributed by atoms with van der Waals surface area (Å²) < 4.78 is 0.